The highest BCUT2D eigenvalue weighted by atomic mass is 79.9. The van der Waals surface area contributed by atoms with E-state index in [1.54, 1.807) is 42.5 Å². The van der Waals surface area contributed by atoms with Gasteiger partial charge >= 0.3 is 0 Å². The fourth-order valence-electron chi connectivity index (χ4n) is 2.53. The summed E-state index contributed by atoms with van der Waals surface area (Å²) in [5.74, 6) is 0.210. The van der Waals surface area contributed by atoms with Crippen molar-refractivity contribution in [3.63, 3.8) is 0 Å². The SMILES string of the molecule is O=[N+]([O-])c1cccc(CO/N=C\c2cc(Br)c(OCc3ccccc3F)c(Br)c2)c1. The van der Waals surface area contributed by atoms with Gasteiger partial charge in [-0.2, -0.15) is 0 Å². The lowest BCUT2D eigenvalue weighted by atomic mass is 10.2. The smallest absolute Gasteiger partial charge is 0.269 e. The second kappa shape index (κ2) is 10.3. The molecule has 154 valence electrons. The van der Waals surface area contributed by atoms with Crippen molar-refractivity contribution < 1.29 is 18.9 Å². The van der Waals surface area contributed by atoms with Crippen molar-refractivity contribution in [2.75, 3.05) is 0 Å². The van der Waals surface area contributed by atoms with Gasteiger partial charge in [-0.1, -0.05) is 35.5 Å². The van der Waals surface area contributed by atoms with E-state index in [9.17, 15) is 14.5 Å². The maximum atomic E-state index is 13.7. The summed E-state index contributed by atoms with van der Waals surface area (Å²) >= 11 is 6.88. The van der Waals surface area contributed by atoms with Gasteiger partial charge in [0.25, 0.3) is 5.69 Å². The average Bonchev–Trinajstić information content (AvgIpc) is 2.72. The van der Waals surface area contributed by atoms with E-state index < -0.39 is 4.92 Å². The first-order chi connectivity index (χ1) is 14.4. The molecule has 0 aliphatic carbocycles. The number of hydrogen-bond acceptors (Lipinski definition) is 5. The molecule has 0 fully saturated rings. The summed E-state index contributed by atoms with van der Waals surface area (Å²) in [5.41, 5.74) is 1.82. The highest BCUT2D eigenvalue weighted by Gasteiger charge is 2.10. The van der Waals surface area contributed by atoms with E-state index in [2.05, 4.69) is 37.0 Å². The monoisotopic (exact) mass is 536 g/mol. The fraction of sp³-hybridized carbons (Fsp3) is 0.0952. The van der Waals surface area contributed by atoms with Crippen LogP contribution in [0.2, 0.25) is 0 Å². The van der Waals surface area contributed by atoms with Crippen LogP contribution in [-0.2, 0) is 18.1 Å². The first kappa shape index (κ1) is 21.9. The molecule has 0 saturated carbocycles. The summed E-state index contributed by atoms with van der Waals surface area (Å²) in [6.45, 7) is 0.188. The van der Waals surface area contributed by atoms with Crippen LogP contribution < -0.4 is 4.74 Å². The van der Waals surface area contributed by atoms with E-state index in [0.717, 1.165) is 5.56 Å². The Hall–Kier alpha value is -2.78. The van der Waals surface area contributed by atoms with E-state index in [0.29, 0.717) is 25.8 Å². The van der Waals surface area contributed by atoms with Crippen molar-refractivity contribution in [2.45, 2.75) is 13.2 Å². The second-order valence-corrected chi connectivity index (χ2v) is 7.84. The maximum absolute atomic E-state index is 13.7. The minimum Gasteiger partial charge on any atom is -0.486 e. The number of nitro groups is 1. The molecule has 0 radical (unpaired) electrons. The highest BCUT2D eigenvalue weighted by molar-refractivity contribution is 9.11. The van der Waals surface area contributed by atoms with Gasteiger partial charge in [-0.05, 0) is 61.2 Å². The molecule has 0 bridgehead atoms. The lowest BCUT2D eigenvalue weighted by molar-refractivity contribution is -0.384. The van der Waals surface area contributed by atoms with Gasteiger partial charge in [-0.3, -0.25) is 10.1 Å². The molecule has 0 aliphatic heterocycles. The number of nitrogens with zero attached hydrogens (tertiary/aromatic N) is 2. The normalized spacial score (nSPS) is 10.9. The Morgan fingerprint density at radius 2 is 1.77 bits per heavy atom. The molecule has 0 heterocycles. The summed E-state index contributed by atoms with van der Waals surface area (Å²) in [6.07, 6.45) is 1.51. The molecule has 0 saturated heterocycles. The van der Waals surface area contributed by atoms with Crippen LogP contribution >= 0.6 is 31.9 Å². The van der Waals surface area contributed by atoms with Crippen molar-refractivity contribution in [3.8, 4) is 5.75 Å². The van der Waals surface area contributed by atoms with Gasteiger partial charge in [0.1, 0.15) is 24.8 Å². The zero-order valence-electron chi connectivity index (χ0n) is 15.4. The Labute approximate surface area is 188 Å². The largest absolute Gasteiger partial charge is 0.486 e. The molecule has 3 aromatic carbocycles. The van der Waals surface area contributed by atoms with E-state index >= 15 is 0 Å². The van der Waals surface area contributed by atoms with E-state index in [4.69, 9.17) is 9.57 Å². The summed E-state index contributed by atoms with van der Waals surface area (Å²) < 4.78 is 20.8. The third-order valence-electron chi connectivity index (χ3n) is 3.98. The van der Waals surface area contributed by atoms with Gasteiger partial charge < -0.3 is 9.57 Å². The molecule has 0 atom stereocenters. The predicted octanol–water partition coefficient (Wildman–Crippen LogP) is 6.39. The van der Waals surface area contributed by atoms with Gasteiger partial charge in [0.15, 0.2) is 0 Å². The third kappa shape index (κ3) is 5.87. The molecule has 30 heavy (non-hydrogen) atoms. The molecule has 0 amide bonds. The average molecular weight is 538 g/mol. The molecule has 3 rings (SSSR count). The molecule has 9 heteroatoms. The Balaban J connectivity index is 1.61. The van der Waals surface area contributed by atoms with Crippen LogP contribution in [0.15, 0.2) is 74.8 Å². The molecular formula is C21H15Br2FN2O4. The van der Waals surface area contributed by atoms with Crippen molar-refractivity contribution in [2.24, 2.45) is 5.16 Å². The number of rotatable bonds is 8. The van der Waals surface area contributed by atoms with Crippen molar-refractivity contribution in [1.82, 2.24) is 0 Å². The molecule has 0 aliphatic rings. The minimum atomic E-state index is -0.461. The Kier molecular flexibility index (Phi) is 7.53. The second-order valence-electron chi connectivity index (χ2n) is 6.13. The van der Waals surface area contributed by atoms with Crippen molar-refractivity contribution in [3.05, 3.63) is 102 Å². The lowest BCUT2D eigenvalue weighted by Gasteiger charge is -2.11. The number of benzene rings is 3. The van der Waals surface area contributed by atoms with Gasteiger partial charge in [-0.25, -0.2) is 4.39 Å². The first-order valence-corrected chi connectivity index (χ1v) is 10.3. The number of halogens is 3. The predicted molar refractivity (Wildman–Crippen MR) is 118 cm³/mol. The molecule has 0 N–H and O–H groups in total. The van der Waals surface area contributed by atoms with Gasteiger partial charge in [0.2, 0.25) is 0 Å². The number of oxime groups is 1. The molecule has 6 nitrogen and oxygen atoms in total. The van der Waals surface area contributed by atoms with Gasteiger partial charge in [0.05, 0.1) is 20.1 Å². The highest BCUT2D eigenvalue weighted by Crippen LogP contribution is 2.35. The Morgan fingerprint density at radius 3 is 2.47 bits per heavy atom. The summed E-state index contributed by atoms with van der Waals surface area (Å²) in [6, 6.07) is 16.1. The van der Waals surface area contributed by atoms with E-state index in [1.807, 2.05) is 0 Å². The van der Waals surface area contributed by atoms with Gasteiger partial charge in [0, 0.05) is 17.7 Å². The number of nitro benzene ring substituents is 1. The van der Waals surface area contributed by atoms with Crippen LogP contribution in [0.1, 0.15) is 16.7 Å². The van der Waals surface area contributed by atoms with Crippen LogP contribution in [0.3, 0.4) is 0 Å². The maximum Gasteiger partial charge on any atom is 0.269 e. The topological polar surface area (TPSA) is 74.0 Å². The van der Waals surface area contributed by atoms with E-state index in [-0.39, 0.29) is 24.7 Å². The zero-order chi connectivity index (χ0) is 21.5. The quantitative estimate of drug-likeness (QED) is 0.189. The Bertz CT molecular complexity index is 1070. The van der Waals surface area contributed by atoms with Crippen molar-refractivity contribution >= 4 is 43.8 Å². The van der Waals surface area contributed by atoms with Crippen LogP contribution in [-0.4, -0.2) is 11.1 Å². The summed E-state index contributed by atoms with van der Waals surface area (Å²) in [7, 11) is 0. The van der Waals surface area contributed by atoms with Crippen LogP contribution in [0.4, 0.5) is 10.1 Å². The molecule has 3 aromatic rings. The molecule has 0 unspecified atom stereocenters. The minimum absolute atomic E-state index is 0.00101. The summed E-state index contributed by atoms with van der Waals surface area (Å²) in [4.78, 5) is 15.6. The molecule has 0 spiro atoms. The molecular weight excluding hydrogens is 523 g/mol. The number of non-ortho nitro benzene ring substituents is 1. The van der Waals surface area contributed by atoms with E-state index in [1.165, 1.54) is 24.4 Å². The van der Waals surface area contributed by atoms with Crippen LogP contribution in [0.25, 0.3) is 0 Å². The Morgan fingerprint density at radius 1 is 1.03 bits per heavy atom. The lowest BCUT2D eigenvalue weighted by Crippen LogP contribution is -2.00. The zero-order valence-corrected chi connectivity index (χ0v) is 18.6. The van der Waals surface area contributed by atoms with Gasteiger partial charge in [-0.15, -0.1) is 0 Å². The number of hydrogen-bond donors (Lipinski definition) is 0. The third-order valence-corrected chi connectivity index (χ3v) is 5.16. The molecule has 0 aromatic heterocycles. The fourth-order valence-corrected chi connectivity index (χ4v) is 3.98. The first-order valence-electron chi connectivity index (χ1n) is 8.68. The summed E-state index contributed by atoms with van der Waals surface area (Å²) in [5, 5.41) is 14.7. The van der Waals surface area contributed by atoms with Crippen LogP contribution in [0, 0.1) is 15.9 Å². The number of ether oxygens (including phenoxy) is 1. The van der Waals surface area contributed by atoms with Crippen LogP contribution in [0.5, 0.6) is 5.75 Å². The van der Waals surface area contributed by atoms with Crippen molar-refractivity contribution in [1.29, 1.82) is 0 Å². The standard InChI is InChI=1S/C21H15Br2FN2O4/c22-18-9-15(11-25-30-12-14-4-3-6-17(8-14)26(27)28)10-19(23)21(18)29-13-16-5-1-2-7-20(16)24/h1-11H,12-13H2/b25-11-.